The number of nitriles is 1. The fraction of sp³-hybridized carbons (Fsp3) is 0.429. The molecule has 100 valence electrons. The third-order valence-electron chi connectivity index (χ3n) is 3.13. The molecule has 0 bridgehead atoms. The van der Waals surface area contributed by atoms with E-state index < -0.39 is 0 Å². The van der Waals surface area contributed by atoms with E-state index in [1.807, 2.05) is 0 Å². The Bertz CT molecular complexity index is 498. The molecule has 1 aromatic rings. The zero-order valence-corrected chi connectivity index (χ0v) is 10.5. The van der Waals surface area contributed by atoms with Gasteiger partial charge in [0.05, 0.1) is 18.5 Å². The Labute approximate surface area is 111 Å². The van der Waals surface area contributed by atoms with Gasteiger partial charge in [-0.05, 0) is 18.6 Å². The van der Waals surface area contributed by atoms with Gasteiger partial charge >= 0.3 is 0 Å². The molecule has 0 saturated carbocycles. The Balaban J connectivity index is 1.77. The van der Waals surface area contributed by atoms with Crippen LogP contribution in [0.2, 0.25) is 0 Å². The summed E-state index contributed by atoms with van der Waals surface area (Å²) in [6.07, 6.45) is 0.999. The van der Waals surface area contributed by atoms with Crippen molar-refractivity contribution in [1.29, 1.82) is 5.26 Å². The van der Waals surface area contributed by atoms with Gasteiger partial charge in [-0.25, -0.2) is 4.39 Å². The van der Waals surface area contributed by atoms with Gasteiger partial charge in [-0.3, -0.25) is 4.79 Å². The molecule has 1 unspecified atom stereocenters. The van der Waals surface area contributed by atoms with Crippen molar-refractivity contribution in [2.24, 2.45) is 5.92 Å². The average Bonchev–Trinajstić information content (AvgIpc) is 2.40. The van der Waals surface area contributed by atoms with Crippen LogP contribution in [0.5, 0.6) is 5.75 Å². The quantitative estimate of drug-likeness (QED) is 0.833. The first-order valence-electron chi connectivity index (χ1n) is 6.25. The van der Waals surface area contributed by atoms with E-state index in [1.54, 1.807) is 17.0 Å². The highest BCUT2D eigenvalue weighted by atomic mass is 19.1. The van der Waals surface area contributed by atoms with E-state index in [0.29, 0.717) is 31.9 Å². The molecule has 5 heteroatoms. The second-order valence-electron chi connectivity index (χ2n) is 4.51. The molecule has 1 atom stereocenters. The lowest BCUT2D eigenvalue weighted by Crippen LogP contribution is -2.40. The van der Waals surface area contributed by atoms with Crippen molar-refractivity contribution in [1.82, 2.24) is 4.90 Å². The summed E-state index contributed by atoms with van der Waals surface area (Å²) < 4.78 is 18.3. The fourth-order valence-electron chi connectivity index (χ4n) is 2.06. The van der Waals surface area contributed by atoms with E-state index in [9.17, 15) is 9.18 Å². The minimum absolute atomic E-state index is 0.0133. The lowest BCUT2D eigenvalue weighted by atomic mass is 9.98. The average molecular weight is 262 g/mol. The first-order valence-corrected chi connectivity index (χ1v) is 6.25. The number of likely N-dealkylation sites (tertiary alicyclic amines) is 1. The van der Waals surface area contributed by atoms with Crippen molar-refractivity contribution >= 4 is 5.91 Å². The number of rotatable bonds is 4. The summed E-state index contributed by atoms with van der Waals surface area (Å²) in [6.45, 7) is 1.38. The fourth-order valence-corrected chi connectivity index (χ4v) is 2.06. The van der Waals surface area contributed by atoms with E-state index in [0.717, 1.165) is 0 Å². The third-order valence-corrected chi connectivity index (χ3v) is 3.13. The van der Waals surface area contributed by atoms with Gasteiger partial charge in [-0.15, -0.1) is 0 Å². The van der Waals surface area contributed by atoms with Gasteiger partial charge in [0.1, 0.15) is 18.2 Å². The molecule has 0 aliphatic carbocycles. The van der Waals surface area contributed by atoms with E-state index in [2.05, 4.69) is 6.07 Å². The number of ether oxygens (including phenoxy) is 1. The molecule has 19 heavy (non-hydrogen) atoms. The topological polar surface area (TPSA) is 53.3 Å². The molecular weight excluding hydrogens is 247 g/mol. The van der Waals surface area contributed by atoms with Gasteiger partial charge in [-0.2, -0.15) is 5.26 Å². The number of halogens is 1. The molecule has 2 rings (SSSR count). The molecule has 0 aromatic heterocycles. The van der Waals surface area contributed by atoms with Gasteiger partial charge in [0.15, 0.2) is 0 Å². The maximum absolute atomic E-state index is 12.9. The van der Waals surface area contributed by atoms with E-state index >= 15 is 0 Å². The van der Waals surface area contributed by atoms with Crippen LogP contribution in [-0.4, -0.2) is 30.5 Å². The predicted octanol–water partition coefficient (Wildman–Crippen LogP) is 1.97. The van der Waals surface area contributed by atoms with Crippen LogP contribution in [0.15, 0.2) is 24.3 Å². The van der Waals surface area contributed by atoms with Crippen molar-refractivity contribution in [3.8, 4) is 11.8 Å². The SMILES string of the molecule is N#CC1CCN(CCOc2cccc(F)c2)C(=O)C1. The molecule has 1 fully saturated rings. The lowest BCUT2D eigenvalue weighted by Gasteiger charge is -2.28. The number of piperidine rings is 1. The Morgan fingerprint density at radius 2 is 2.37 bits per heavy atom. The minimum Gasteiger partial charge on any atom is -0.492 e. The van der Waals surface area contributed by atoms with Gasteiger partial charge in [0.2, 0.25) is 5.91 Å². The molecule has 1 aromatic carbocycles. The number of nitrogens with zero attached hydrogens (tertiary/aromatic N) is 2. The van der Waals surface area contributed by atoms with Crippen LogP contribution < -0.4 is 4.74 Å². The molecule has 0 radical (unpaired) electrons. The van der Waals surface area contributed by atoms with Crippen LogP contribution in [0.4, 0.5) is 4.39 Å². The molecule has 1 saturated heterocycles. The van der Waals surface area contributed by atoms with Crippen molar-refractivity contribution < 1.29 is 13.9 Å². The highest BCUT2D eigenvalue weighted by molar-refractivity contribution is 5.77. The number of carbonyl (C=O) groups excluding carboxylic acids is 1. The molecule has 1 aliphatic heterocycles. The van der Waals surface area contributed by atoms with E-state index in [4.69, 9.17) is 10.00 Å². The number of hydrogen-bond donors (Lipinski definition) is 0. The summed E-state index contributed by atoms with van der Waals surface area (Å²) in [7, 11) is 0. The van der Waals surface area contributed by atoms with Crippen LogP contribution in [0, 0.1) is 23.1 Å². The second kappa shape index (κ2) is 6.19. The number of carbonyl (C=O) groups is 1. The molecule has 1 aliphatic rings. The van der Waals surface area contributed by atoms with E-state index in [-0.39, 0.29) is 24.1 Å². The Hall–Kier alpha value is -2.09. The van der Waals surface area contributed by atoms with Gasteiger partial charge in [0, 0.05) is 19.0 Å². The van der Waals surface area contributed by atoms with Crippen molar-refractivity contribution in [3.05, 3.63) is 30.1 Å². The molecule has 4 nitrogen and oxygen atoms in total. The van der Waals surface area contributed by atoms with Crippen LogP contribution >= 0.6 is 0 Å². The van der Waals surface area contributed by atoms with Crippen LogP contribution in [-0.2, 0) is 4.79 Å². The first kappa shape index (κ1) is 13.3. The highest BCUT2D eigenvalue weighted by Gasteiger charge is 2.25. The monoisotopic (exact) mass is 262 g/mol. The zero-order chi connectivity index (χ0) is 13.7. The maximum Gasteiger partial charge on any atom is 0.224 e. The smallest absolute Gasteiger partial charge is 0.224 e. The third kappa shape index (κ3) is 3.68. The number of amides is 1. The summed E-state index contributed by atoms with van der Waals surface area (Å²) >= 11 is 0. The largest absolute Gasteiger partial charge is 0.492 e. The van der Waals surface area contributed by atoms with Gasteiger partial charge in [0.25, 0.3) is 0 Å². The summed E-state index contributed by atoms with van der Waals surface area (Å²) in [5, 5.41) is 8.76. The van der Waals surface area contributed by atoms with Gasteiger partial charge < -0.3 is 9.64 Å². The molecule has 0 N–H and O–H groups in total. The molecular formula is C14H15FN2O2. The van der Waals surface area contributed by atoms with Crippen molar-refractivity contribution in [2.75, 3.05) is 19.7 Å². The first-order chi connectivity index (χ1) is 9.19. The Morgan fingerprint density at radius 3 is 3.05 bits per heavy atom. The number of benzene rings is 1. The highest BCUT2D eigenvalue weighted by Crippen LogP contribution is 2.17. The second-order valence-corrected chi connectivity index (χ2v) is 4.51. The zero-order valence-electron chi connectivity index (χ0n) is 10.5. The molecule has 1 amide bonds. The Kier molecular flexibility index (Phi) is 4.35. The van der Waals surface area contributed by atoms with E-state index in [1.165, 1.54) is 12.1 Å². The summed E-state index contributed by atoms with van der Waals surface area (Å²) in [4.78, 5) is 13.4. The number of hydrogen-bond acceptors (Lipinski definition) is 3. The summed E-state index contributed by atoms with van der Waals surface area (Å²) in [5.41, 5.74) is 0. The molecule has 1 heterocycles. The minimum atomic E-state index is -0.344. The van der Waals surface area contributed by atoms with Gasteiger partial charge in [-0.1, -0.05) is 6.07 Å². The normalized spacial score (nSPS) is 19.1. The summed E-state index contributed by atoms with van der Waals surface area (Å²) in [6, 6.07) is 8.03. The standard InChI is InChI=1S/C14H15FN2O2/c15-12-2-1-3-13(9-12)19-7-6-17-5-4-11(10-16)8-14(17)18/h1-3,9,11H,4-8H2. The van der Waals surface area contributed by atoms with Crippen molar-refractivity contribution in [3.63, 3.8) is 0 Å². The van der Waals surface area contributed by atoms with Crippen LogP contribution in [0.3, 0.4) is 0 Å². The van der Waals surface area contributed by atoms with Crippen LogP contribution in [0.1, 0.15) is 12.8 Å². The summed E-state index contributed by atoms with van der Waals surface area (Å²) in [5.74, 6) is -0.0590. The lowest BCUT2D eigenvalue weighted by molar-refractivity contribution is -0.134. The maximum atomic E-state index is 12.9. The van der Waals surface area contributed by atoms with Crippen molar-refractivity contribution in [2.45, 2.75) is 12.8 Å². The predicted molar refractivity (Wildman–Crippen MR) is 66.8 cm³/mol. The molecule has 0 spiro atoms. The van der Waals surface area contributed by atoms with Crippen LogP contribution in [0.25, 0.3) is 0 Å². The Morgan fingerprint density at radius 1 is 1.53 bits per heavy atom.